The molecule has 2 rings (SSSR count). The second kappa shape index (κ2) is 6.16. The molecule has 0 radical (unpaired) electrons. The van der Waals surface area contributed by atoms with E-state index in [1.165, 1.54) is 6.07 Å². The van der Waals surface area contributed by atoms with Crippen LogP contribution in [0.2, 0.25) is 0 Å². The van der Waals surface area contributed by atoms with Gasteiger partial charge in [0.15, 0.2) is 0 Å². The van der Waals surface area contributed by atoms with Gasteiger partial charge in [0, 0.05) is 18.3 Å². The SMILES string of the molecule is Cc1cc(C(=O)O)ccc1NC(=O)N(CC(C)C)C1CC1. The highest BCUT2D eigenvalue weighted by atomic mass is 16.4. The standard InChI is InChI=1S/C16H22N2O3/c1-10(2)9-18(13-5-6-13)16(21)17-14-7-4-12(15(19)20)8-11(14)3/h4,7-8,10,13H,5-6,9H2,1-3H3,(H,17,21)(H,19,20). The van der Waals surface area contributed by atoms with E-state index in [-0.39, 0.29) is 11.6 Å². The van der Waals surface area contributed by atoms with E-state index in [4.69, 9.17) is 5.11 Å². The Balaban J connectivity index is 2.09. The Kier molecular flexibility index (Phi) is 4.50. The van der Waals surface area contributed by atoms with Crippen molar-refractivity contribution in [3.05, 3.63) is 29.3 Å². The van der Waals surface area contributed by atoms with Crippen LogP contribution in [-0.4, -0.2) is 34.6 Å². The maximum Gasteiger partial charge on any atom is 0.335 e. The van der Waals surface area contributed by atoms with Crippen LogP contribution in [-0.2, 0) is 0 Å². The first-order valence-corrected chi connectivity index (χ1v) is 7.30. The molecule has 21 heavy (non-hydrogen) atoms. The Hall–Kier alpha value is -2.04. The summed E-state index contributed by atoms with van der Waals surface area (Å²) in [6.45, 7) is 6.72. The monoisotopic (exact) mass is 290 g/mol. The zero-order valence-electron chi connectivity index (χ0n) is 12.7. The molecular formula is C16H22N2O3. The fraction of sp³-hybridized carbons (Fsp3) is 0.500. The largest absolute Gasteiger partial charge is 0.478 e. The summed E-state index contributed by atoms with van der Waals surface area (Å²) in [7, 11) is 0. The Labute approximate surface area is 125 Å². The minimum absolute atomic E-state index is 0.0997. The van der Waals surface area contributed by atoms with Crippen molar-refractivity contribution in [3.8, 4) is 0 Å². The van der Waals surface area contributed by atoms with Gasteiger partial charge in [-0.2, -0.15) is 0 Å². The highest BCUT2D eigenvalue weighted by molar-refractivity contribution is 5.93. The van der Waals surface area contributed by atoms with Gasteiger partial charge in [0.25, 0.3) is 0 Å². The van der Waals surface area contributed by atoms with Gasteiger partial charge in [0.05, 0.1) is 5.56 Å². The summed E-state index contributed by atoms with van der Waals surface area (Å²) >= 11 is 0. The van der Waals surface area contributed by atoms with Gasteiger partial charge in [-0.1, -0.05) is 13.8 Å². The van der Waals surface area contributed by atoms with Crippen molar-refractivity contribution in [1.29, 1.82) is 0 Å². The van der Waals surface area contributed by atoms with Gasteiger partial charge in [-0.15, -0.1) is 0 Å². The number of nitrogens with one attached hydrogen (secondary N) is 1. The molecule has 1 fully saturated rings. The average molecular weight is 290 g/mol. The van der Waals surface area contributed by atoms with E-state index in [1.54, 1.807) is 19.1 Å². The van der Waals surface area contributed by atoms with E-state index in [0.29, 0.717) is 17.6 Å². The lowest BCUT2D eigenvalue weighted by Crippen LogP contribution is -2.39. The van der Waals surface area contributed by atoms with Crippen LogP contribution in [0.1, 0.15) is 42.6 Å². The zero-order valence-corrected chi connectivity index (χ0v) is 12.7. The quantitative estimate of drug-likeness (QED) is 0.873. The molecule has 1 aromatic rings. The number of carbonyl (C=O) groups excluding carboxylic acids is 1. The number of rotatable bonds is 5. The predicted octanol–water partition coefficient (Wildman–Crippen LogP) is 3.35. The van der Waals surface area contributed by atoms with E-state index in [9.17, 15) is 9.59 Å². The molecule has 1 aromatic carbocycles. The summed E-state index contributed by atoms with van der Waals surface area (Å²) in [6.07, 6.45) is 2.13. The van der Waals surface area contributed by atoms with Gasteiger partial charge in [0.2, 0.25) is 0 Å². The molecule has 0 heterocycles. The molecular weight excluding hydrogens is 268 g/mol. The number of anilines is 1. The highest BCUT2D eigenvalue weighted by Crippen LogP contribution is 2.28. The number of aromatic carboxylic acids is 1. The fourth-order valence-electron chi connectivity index (χ4n) is 2.30. The molecule has 5 heteroatoms. The number of hydrogen-bond donors (Lipinski definition) is 2. The van der Waals surface area contributed by atoms with Crippen LogP contribution < -0.4 is 5.32 Å². The van der Waals surface area contributed by atoms with Crippen LogP contribution in [0.3, 0.4) is 0 Å². The van der Waals surface area contributed by atoms with Gasteiger partial charge in [0.1, 0.15) is 0 Å². The van der Waals surface area contributed by atoms with E-state index >= 15 is 0 Å². The van der Waals surface area contributed by atoms with E-state index < -0.39 is 5.97 Å². The molecule has 0 unspecified atom stereocenters. The van der Waals surface area contributed by atoms with Gasteiger partial charge < -0.3 is 15.3 Å². The Morgan fingerprint density at radius 1 is 1.38 bits per heavy atom. The first-order chi connectivity index (χ1) is 9.88. The van der Waals surface area contributed by atoms with Crippen molar-refractivity contribution in [2.45, 2.75) is 39.7 Å². The Morgan fingerprint density at radius 2 is 2.05 bits per heavy atom. The van der Waals surface area contributed by atoms with E-state index in [0.717, 1.165) is 24.9 Å². The summed E-state index contributed by atoms with van der Waals surface area (Å²) in [5.74, 6) is -0.540. The van der Waals surface area contributed by atoms with Crippen LogP contribution in [0, 0.1) is 12.8 Å². The number of urea groups is 1. The summed E-state index contributed by atoms with van der Waals surface area (Å²) in [6, 6.07) is 4.98. The molecule has 1 aliphatic carbocycles. The number of carboxylic acids is 1. The van der Waals surface area contributed by atoms with Crippen molar-refractivity contribution in [1.82, 2.24) is 4.90 Å². The lowest BCUT2D eigenvalue weighted by molar-refractivity contribution is 0.0697. The number of hydrogen-bond acceptors (Lipinski definition) is 2. The van der Waals surface area contributed by atoms with E-state index in [2.05, 4.69) is 19.2 Å². The van der Waals surface area contributed by atoms with Gasteiger partial charge in [-0.3, -0.25) is 0 Å². The Bertz CT molecular complexity index is 550. The molecule has 1 saturated carbocycles. The molecule has 114 valence electrons. The zero-order chi connectivity index (χ0) is 15.6. The second-order valence-corrected chi connectivity index (χ2v) is 6.04. The van der Waals surface area contributed by atoms with Crippen LogP contribution in [0.5, 0.6) is 0 Å². The van der Waals surface area contributed by atoms with Crippen molar-refractivity contribution in [3.63, 3.8) is 0 Å². The second-order valence-electron chi connectivity index (χ2n) is 6.04. The number of aryl methyl sites for hydroxylation is 1. The van der Waals surface area contributed by atoms with Gasteiger partial charge in [-0.25, -0.2) is 9.59 Å². The topological polar surface area (TPSA) is 69.6 Å². The van der Waals surface area contributed by atoms with Crippen LogP contribution in [0.4, 0.5) is 10.5 Å². The molecule has 0 aliphatic heterocycles. The molecule has 5 nitrogen and oxygen atoms in total. The fourth-order valence-corrected chi connectivity index (χ4v) is 2.30. The summed E-state index contributed by atoms with van der Waals surface area (Å²) in [5.41, 5.74) is 1.65. The summed E-state index contributed by atoms with van der Waals surface area (Å²) in [4.78, 5) is 25.2. The molecule has 0 spiro atoms. The third-order valence-electron chi connectivity index (χ3n) is 3.53. The smallest absolute Gasteiger partial charge is 0.335 e. The highest BCUT2D eigenvalue weighted by Gasteiger charge is 2.33. The first-order valence-electron chi connectivity index (χ1n) is 7.30. The lowest BCUT2D eigenvalue weighted by Gasteiger charge is -2.25. The number of carbonyl (C=O) groups is 2. The molecule has 1 aliphatic rings. The van der Waals surface area contributed by atoms with Crippen molar-refractivity contribution < 1.29 is 14.7 Å². The predicted molar refractivity (Wildman–Crippen MR) is 81.7 cm³/mol. The Morgan fingerprint density at radius 3 is 2.52 bits per heavy atom. The van der Waals surface area contributed by atoms with E-state index in [1.807, 2.05) is 4.90 Å². The number of benzene rings is 1. The summed E-state index contributed by atoms with van der Waals surface area (Å²) in [5, 5.41) is 11.9. The van der Waals surface area contributed by atoms with Crippen molar-refractivity contribution in [2.75, 3.05) is 11.9 Å². The number of amides is 2. The van der Waals surface area contributed by atoms with Crippen LogP contribution in [0.15, 0.2) is 18.2 Å². The van der Waals surface area contributed by atoms with Crippen molar-refractivity contribution >= 4 is 17.7 Å². The van der Waals surface area contributed by atoms with Gasteiger partial charge in [-0.05, 0) is 49.4 Å². The third-order valence-corrected chi connectivity index (χ3v) is 3.53. The minimum Gasteiger partial charge on any atom is -0.478 e. The lowest BCUT2D eigenvalue weighted by atomic mass is 10.1. The minimum atomic E-state index is -0.963. The number of carboxylic acid groups (broad SMARTS) is 1. The molecule has 0 atom stereocenters. The molecule has 0 bridgehead atoms. The van der Waals surface area contributed by atoms with Gasteiger partial charge >= 0.3 is 12.0 Å². The van der Waals surface area contributed by atoms with Crippen LogP contribution in [0.25, 0.3) is 0 Å². The molecule has 0 saturated heterocycles. The maximum atomic E-state index is 12.4. The first kappa shape index (κ1) is 15.4. The molecule has 0 aromatic heterocycles. The normalized spacial score (nSPS) is 14.1. The average Bonchev–Trinajstić information content (AvgIpc) is 3.22. The summed E-state index contributed by atoms with van der Waals surface area (Å²) < 4.78 is 0. The van der Waals surface area contributed by atoms with Crippen molar-refractivity contribution in [2.24, 2.45) is 5.92 Å². The number of nitrogens with zero attached hydrogens (tertiary/aromatic N) is 1. The molecule has 2 amide bonds. The third kappa shape index (κ3) is 3.97. The maximum absolute atomic E-state index is 12.4. The van der Waals surface area contributed by atoms with Crippen LogP contribution >= 0.6 is 0 Å². The molecule has 2 N–H and O–H groups in total.